The van der Waals surface area contributed by atoms with Gasteiger partial charge in [-0.05, 0) is 24.6 Å². The van der Waals surface area contributed by atoms with Crippen LogP contribution < -0.4 is 15.4 Å². The van der Waals surface area contributed by atoms with Crippen LogP contribution in [0.1, 0.15) is 44.0 Å². The first-order chi connectivity index (χ1) is 11.9. The zero-order valence-electron chi connectivity index (χ0n) is 15.7. The van der Waals surface area contributed by atoms with E-state index in [0.717, 1.165) is 34.5 Å². The van der Waals surface area contributed by atoms with Gasteiger partial charge in [0.15, 0.2) is 5.96 Å². The highest BCUT2D eigenvalue weighted by atomic mass is 32.1. The number of aliphatic imine (C=N–C) groups is 1. The second-order valence-electron chi connectivity index (χ2n) is 6.78. The topological polar surface area (TPSA) is 58.5 Å². The van der Waals surface area contributed by atoms with E-state index in [1.54, 1.807) is 18.4 Å². The summed E-state index contributed by atoms with van der Waals surface area (Å²) in [7, 11) is 1.67. The Kier molecular flexibility index (Phi) is 6.82. The zero-order chi connectivity index (χ0) is 18.3. The highest BCUT2D eigenvalue weighted by molar-refractivity contribution is 7.09. The number of nitrogens with one attached hydrogen (secondary N) is 2. The molecular formula is C19H28N4OS. The molecule has 1 heterocycles. The Morgan fingerprint density at radius 3 is 2.72 bits per heavy atom. The van der Waals surface area contributed by atoms with Gasteiger partial charge in [-0.25, -0.2) is 9.98 Å². The van der Waals surface area contributed by atoms with E-state index in [-0.39, 0.29) is 5.41 Å². The molecule has 0 saturated carbocycles. The first-order valence-electron chi connectivity index (χ1n) is 8.52. The molecule has 2 N–H and O–H groups in total. The first-order valence-corrected chi connectivity index (χ1v) is 9.40. The Morgan fingerprint density at radius 1 is 1.28 bits per heavy atom. The molecule has 6 heteroatoms. The molecule has 0 amide bonds. The van der Waals surface area contributed by atoms with Crippen LogP contribution in [0, 0.1) is 0 Å². The molecule has 1 aromatic heterocycles. The summed E-state index contributed by atoms with van der Waals surface area (Å²) in [4.78, 5) is 9.36. The monoisotopic (exact) mass is 360 g/mol. The van der Waals surface area contributed by atoms with E-state index in [1.165, 1.54) is 0 Å². The molecule has 0 aliphatic heterocycles. The van der Waals surface area contributed by atoms with Crippen LogP contribution in [0.15, 0.2) is 34.6 Å². The van der Waals surface area contributed by atoms with Gasteiger partial charge in [-0.2, -0.15) is 0 Å². The molecule has 0 radical (unpaired) electrons. The van der Waals surface area contributed by atoms with E-state index in [2.05, 4.69) is 48.7 Å². The highest BCUT2D eigenvalue weighted by Gasteiger charge is 2.17. The molecular weight excluding hydrogens is 332 g/mol. The largest absolute Gasteiger partial charge is 0.497 e. The molecule has 0 saturated heterocycles. The minimum Gasteiger partial charge on any atom is -0.497 e. The number of hydrogen-bond acceptors (Lipinski definition) is 4. The van der Waals surface area contributed by atoms with Crippen molar-refractivity contribution in [1.82, 2.24) is 15.6 Å². The van der Waals surface area contributed by atoms with Gasteiger partial charge in [0.05, 0.1) is 25.9 Å². The van der Waals surface area contributed by atoms with Gasteiger partial charge >= 0.3 is 0 Å². The molecule has 136 valence electrons. The van der Waals surface area contributed by atoms with Crippen LogP contribution in [-0.4, -0.2) is 24.6 Å². The van der Waals surface area contributed by atoms with Gasteiger partial charge < -0.3 is 15.4 Å². The van der Waals surface area contributed by atoms with Crippen LogP contribution in [0.4, 0.5) is 0 Å². The van der Waals surface area contributed by atoms with Crippen molar-refractivity contribution in [2.45, 2.75) is 46.2 Å². The third-order valence-electron chi connectivity index (χ3n) is 3.63. The van der Waals surface area contributed by atoms with Crippen molar-refractivity contribution in [3.05, 3.63) is 45.9 Å². The molecule has 0 aliphatic rings. The fourth-order valence-corrected chi connectivity index (χ4v) is 3.14. The van der Waals surface area contributed by atoms with E-state index in [4.69, 9.17) is 9.72 Å². The lowest BCUT2D eigenvalue weighted by atomic mass is 9.93. The van der Waals surface area contributed by atoms with E-state index >= 15 is 0 Å². The lowest BCUT2D eigenvalue weighted by Gasteiger charge is -2.14. The maximum Gasteiger partial charge on any atom is 0.191 e. The Balaban J connectivity index is 1.98. The molecule has 5 nitrogen and oxygen atoms in total. The standard InChI is InChI=1S/C19H28N4OS/c1-6-20-18(21-11-14-8-7-9-15(10-14)24-5)22-12-17-23-16(13-25-17)19(2,3)4/h7-10,13H,6,11-12H2,1-5H3,(H2,20,21,22). The minimum atomic E-state index is 0.0830. The summed E-state index contributed by atoms with van der Waals surface area (Å²) >= 11 is 1.68. The van der Waals surface area contributed by atoms with Crippen molar-refractivity contribution in [1.29, 1.82) is 0 Å². The fraction of sp³-hybridized carbons (Fsp3) is 0.474. The highest BCUT2D eigenvalue weighted by Crippen LogP contribution is 2.23. The Morgan fingerprint density at radius 2 is 2.08 bits per heavy atom. The van der Waals surface area contributed by atoms with Gasteiger partial charge in [0.2, 0.25) is 0 Å². The van der Waals surface area contributed by atoms with Crippen LogP contribution in [0.2, 0.25) is 0 Å². The van der Waals surface area contributed by atoms with Crippen molar-refractivity contribution in [2.75, 3.05) is 13.7 Å². The quantitative estimate of drug-likeness (QED) is 0.609. The summed E-state index contributed by atoms with van der Waals surface area (Å²) in [5.41, 5.74) is 2.33. The number of guanidine groups is 1. The van der Waals surface area contributed by atoms with Crippen LogP contribution in [0.3, 0.4) is 0 Å². The van der Waals surface area contributed by atoms with Crippen molar-refractivity contribution in [2.24, 2.45) is 4.99 Å². The molecule has 0 fully saturated rings. The van der Waals surface area contributed by atoms with Crippen molar-refractivity contribution < 1.29 is 4.74 Å². The molecule has 25 heavy (non-hydrogen) atoms. The second kappa shape index (κ2) is 8.85. The van der Waals surface area contributed by atoms with E-state index in [0.29, 0.717) is 13.1 Å². The predicted molar refractivity (Wildman–Crippen MR) is 105 cm³/mol. The smallest absolute Gasteiger partial charge is 0.191 e. The van der Waals surface area contributed by atoms with Gasteiger partial charge in [0.1, 0.15) is 10.8 Å². The molecule has 1 aromatic carbocycles. The van der Waals surface area contributed by atoms with Gasteiger partial charge in [-0.3, -0.25) is 0 Å². The number of methoxy groups -OCH3 is 1. The van der Waals surface area contributed by atoms with Crippen LogP contribution in [0.5, 0.6) is 5.75 Å². The Hall–Kier alpha value is -2.08. The molecule has 0 aliphatic carbocycles. The average Bonchev–Trinajstić information content (AvgIpc) is 3.07. The Bertz CT molecular complexity index is 703. The van der Waals surface area contributed by atoms with Crippen LogP contribution in [0.25, 0.3) is 0 Å². The maximum absolute atomic E-state index is 5.26. The normalized spacial score (nSPS) is 12.1. The SMILES string of the molecule is CCNC(=NCc1cccc(OC)c1)NCc1nc(C(C)(C)C)cs1. The number of thiazole rings is 1. The fourth-order valence-electron chi connectivity index (χ4n) is 2.18. The molecule has 0 bridgehead atoms. The number of aromatic nitrogens is 1. The summed E-state index contributed by atoms with van der Waals surface area (Å²) in [5, 5.41) is 9.83. The summed E-state index contributed by atoms with van der Waals surface area (Å²) in [6.45, 7) is 10.7. The van der Waals surface area contributed by atoms with Gasteiger partial charge in [0, 0.05) is 17.3 Å². The minimum absolute atomic E-state index is 0.0830. The lowest BCUT2D eigenvalue weighted by Crippen LogP contribution is -2.36. The van der Waals surface area contributed by atoms with Crippen LogP contribution in [-0.2, 0) is 18.5 Å². The molecule has 2 aromatic rings. The summed E-state index contributed by atoms with van der Waals surface area (Å²) in [6, 6.07) is 7.97. The molecule has 0 atom stereocenters. The van der Waals surface area contributed by atoms with E-state index in [9.17, 15) is 0 Å². The molecule has 2 rings (SSSR count). The first kappa shape index (κ1) is 19.2. The number of nitrogens with zero attached hydrogens (tertiary/aromatic N) is 2. The molecule has 0 unspecified atom stereocenters. The van der Waals surface area contributed by atoms with E-state index < -0.39 is 0 Å². The van der Waals surface area contributed by atoms with Crippen molar-refractivity contribution >= 4 is 17.3 Å². The van der Waals surface area contributed by atoms with Crippen molar-refractivity contribution in [3.8, 4) is 5.75 Å². The third-order valence-corrected chi connectivity index (χ3v) is 4.47. The summed E-state index contributed by atoms with van der Waals surface area (Å²) < 4.78 is 5.26. The Labute approximate surface area is 154 Å². The van der Waals surface area contributed by atoms with Crippen LogP contribution >= 0.6 is 11.3 Å². The number of ether oxygens (including phenoxy) is 1. The molecule has 0 spiro atoms. The lowest BCUT2D eigenvalue weighted by molar-refractivity contribution is 0.414. The second-order valence-corrected chi connectivity index (χ2v) is 7.72. The number of benzene rings is 1. The number of rotatable bonds is 6. The number of hydrogen-bond donors (Lipinski definition) is 2. The van der Waals surface area contributed by atoms with Gasteiger partial charge in [-0.15, -0.1) is 11.3 Å². The van der Waals surface area contributed by atoms with Gasteiger partial charge in [0.25, 0.3) is 0 Å². The average molecular weight is 361 g/mol. The predicted octanol–water partition coefficient (Wildman–Crippen LogP) is 3.70. The van der Waals surface area contributed by atoms with Crippen molar-refractivity contribution in [3.63, 3.8) is 0 Å². The summed E-state index contributed by atoms with van der Waals surface area (Å²) in [5.74, 6) is 1.64. The third kappa shape index (κ3) is 6.05. The van der Waals surface area contributed by atoms with Gasteiger partial charge in [-0.1, -0.05) is 32.9 Å². The van der Waals surface area contributed by atoms with E-state index in [1.807, 2.05) is 24.3 Å². The maximum atomic E-state index is 5.26. The summed E-state index contributed by atoms with van der Waals surface area (Å²) in [6.07, 6.45) is 0. The zero-order valence-corrected chi connectivity index (χ0v) is 16.5.